The van der Waals surface area contributed by atoms with Gasteiger partial charge in [-0.1, -0.05) is 22.0 Å². The van der Waals surface area contributed by atoms with Gasteiger partial charge in [0.15, 0.2) is 5.75 Å². The molecule has 0 saturated carbocycles. The van der Waals surface area contributed by atoms with E-state index in [1.54, 1.807) is 18.2 Å². The van der Waals surface area contributed by atoms with Crippen molar-refractivity contribution in [1.82, 2.24) is 14.5 Å². The lowest BCUT2D eigenvalue weighted by molar-refractivity contribution is 0.0798. The van der Waals surface area contributed by atoms with Gasteiger partial charge in [-0.3, -0.25) is 4.57 Å². The van der Waals surface area contributed by atoms with E-state index in [2.05, 4.69) is 25.9 Å². The van der Waals surface area contributed by atoms with E-state index in [0.29, 0.717) is 15.4 Å². The van der Waals surface area contributed by atoms with Crippen molar-refractivity contribution in [1.29, 1.82) is 0 Å². The molecule has 3 aromatic rings. The minimum atomic E-state index is -4.00. The summed E-state index contributed by atoms with van der Waals surface area (Å²) in [7, 11) is -2.71. The number of hydrogen-bond donors (Lipinski definition) is 1. The molecule has 27 heavy (non-hydrogen) atoms. The predicted octanol–water partition coefficient (Wildman–Crippen LogP) is 2.48. The Hall–Kier alpha value is -2.31. The summed E-state index contributed by atoms with van der Waals surface area (Å²) in [6.45, 7) is -0.839. The quantitative estimate of drug-likeness (QED) is 0.602. The molecule has 0 aliphatic carbocycles. The molecule has 2 heterocycles. The molecule has 0 atom stereocenters. The van der Waals surface area contributed by atoms with Gasteiger partial charge in [-0.25, -0.2) is 27.3 Å². The van der Waals surface area contributed by atoms with E-state index >= 15 is 0 Å². The number of aromatic nitrogens is 3. The number of halogens is 3. The van der Waals surface area contributed by atoms with Crippen molar-refractivity contribution in [2.75, 3.05) is 13.7 Å². The lowest BCUT2D eigenvalue weighted by Gasteiger charge is -2.11. The van der Waals surface area contributed by atoms with E-state index in [4.69, 9.17) is 14.6 Å². The number of methoxy groups -OCH3 is 1. The summed E-state index contributed by atoms with van der Waals surface area (Å²) < 4.78 is 60.6. The number of ether oxygens (including phenoxy) is 2. The van der Waals surface area contributed by atoms with Crippen molar-refractivity contribution in [3.63, 3.8) is 0 Å². The average Bonchev–Trinajstić information content (AvgIpc) is 2.98. The standard InChI is InChI=1S/C15H13BrF2N4O4S/c1-25-14-11(26-7-13(17)18)5-20-15(21-14)22-6-12(27(19,23)24)9-3-2-8(16)4-10(9)22/h2-6,13H,7H2,1H3,(H2,19,23,24). The fraction of sp³-hybridized carbons (Fsp3) is 0.200. The highest BCUT2D eigenvalue weighted by Gasteiger charge is 2.20. The second-order valence-corrected chi connectivity index (χ2v) is 7.76. The molecule has 0 spiro atoms. The maximum absolute atomic E-state index is 12.3. The third kappa shape index (κ3) is 4.01. The zero-order chi connectivity index (χ0) is 19.8. The first-order valence-electron chi connectivity index (χ1n) is 7.36. The maximum Gasteiger partial charge on any atom is 0.272 e. The van der Waals surface area contributed by atoms with Gasteiger partial charge in [0.25, 0.3) is 12.3 Å². The lowest BCUT2D eigenvalue weighted by atomic mass is 10.2. The van der Waals surface area contributed by atoms with Crippen molar-refractivity contribution in [2.24, 2.45) is 5.14 Å². The van der Waals surface area contributed by atoms with Gasteiger partial charge in [-0.2, -0.15) is 4.98 Å². The third-order valence-electron chi connectivity index (χ3n) is 3.52. The first-order chi connectivity index (χ1) is 12.7. The monoisotopic (exact) mass is 462 g/mol. The molecule has 144 valence electrons. The lowest BCUT2D eigenvalue weighted by Crippen LogP contribution is -2.12. The van der Waals surface area contributed by atoms with Crippen molar-refractivity contribution in [3.05, 3.63) is 35.1 Å². The Morgan fingerprint density at radius 1 is 1.37 bits per heavy atom. The zero-order valence-electron chi connectivity index (χ0n) is 13.8. The number of alkyl halides is 2. The Morgan fingerprint density at radius 2 is 2.11 bits per heavy atom. The second-order valence-electron chi connectivity index (χ2n) is 5.32. The SMILES string of the molecule is COc1nc(-n2cc(S(N)(=O)=O)c3ccc(Br)cc32)ncc1OCC(F)F. The molecule has 0 aliphatic rings. The van der Waals surface area contributed by atoms with Crippen LogP contribution in [0.25, 0.3) is 16.9 Å². The van der Waals surface area contributed by atoms with Crippen molar-refractivity contribution < 1.29 is 26.7 Å². The van der Waals surface area contributed by atoms with Crippen LogP contribution in [0.5, 0.6) is 11.6 Å². The molecule has 1 aromatic carbocycles. The van der Waals surface area contributed by atoms with Crippen LogP contribution < -0.4 is 14.6 Å². The van der Waals surface area contributed by atoms with E-state index < -0.39 is 23.1 Å². The first-order valence-corrected chi connectivity index (χ1v) is 9.70. The van der Waals surface area contributed by atoms with E-state index in [-0.39, 0.29) is 22.5 Å². The fourth-order valence-electron chi connectivity index (χ4n) is 2.42. The molecule has 2 aromatic heterocycles. The highest BCUT2D eigenvalue weighted by molar-refractivity contribution is 9.10. The third-order valence-corrected chi connectivity index (χ3v) is 4.95. The maximum atomic E-state index is 12.3. The summed E-state index contributed by atoms with van der Waals surface area (Å²) in [5.41, 5.74) is 0.469. The largest absolute Gasteiger partial charge is 0.481 e. The molecule has 2 N–H and O–H groups in total. The second kappa shape index (κ2) is 7.37. The number of fused-ring (bicyclic) bond motifs is 1. The first kappa shape index (κ1) is 19.5. The van der Waals surface area contributed by atoms with Gasteiger partial charge in [0.1, 0.15) is 11.5 Å². The summed E-state index contributed by atoms with van der Waals surface area (Å²) in [6, 6.07) is 4.93. The van der Waals surface area contributed by atoms with Crippen LogP contribution in [0.2, 0.25) is 0 Å². The Balaban J connectivity index is 2.16. The zero-order valence-corrected chi connectivity index (χ0v) is 16.2. The molecule has 0 aliphatic heterocycles. The van der Waals surface area contributed by atoms with Gasteiger partial charge in [0.2, 0.25) is 16.0 Å². The minimum Gasteiger partial charge on any atom is -0.481 e. The Bertz CT molecular complexity index is 1100. The molecule has 0 saturated heterocycles. The van der Waals surface area contributed by atoms with E-state index in [1.165, 1.54) is 24.1 Å². The minimum absolute atomic E-state index is 0.0502. The number of sulfonamides is 1. The van der Waals surface area contributed by atoms with Gasteiger partial charge in [-0.15, -0.1) is 0 Å². The van der Waals surface area contributed by atoms with Gasteiger partial charge in [-0.05, 0) is 12.1 Å². The van der Waals surface area contributed by atoms with Crippen molar-refractivity contribution in [3.8, 4) is 17.6 Å². The summed E-state index contributed by atoms with van der Waals surface area (Å²) >= 11 is 3.32. The number of hydrogen-bond acceptors (Lipinski definition) is 6. The highest BCUT2D eigenvalue weighted by atomic mass is 79.9. The number of nitrogens with two attached hydrogens (primary N) is 1. The summed E-state index contributed by atoms with van der Waals surface area (Å²) in [6.07, 6.45) is -0.220. The fourth-order valence-corrected chi connectivity index (χ4v) is 3.50. The number of primary sulfonamides is 1. The molecule has 0 amide bonds. The topological polar surface area (TPSA) is 109 Å². The van der Waals surface area contributed by atoms with Crippen LogP contribution in [0.3, 0.4) is 0 Å². The summed E-state index contributed by atoms with van der Waals surface area (Å²) in [5, 5.41) is 5.67. The molecule has 0 unspecified atom stereocenters. The van der Waals surface area contributed by atoms with Crippen LogP contribution in [0.4, 0.5) is 8.78 Å². The van der Waals surface area contributed by atoms with Gasteiger partial charge < -0.3 is 9.47 Å². The number of benzene rings is 1. The Kier molecular flexibility index (Phi) is 5.31. The Labute approximate surface area is 161 Å². The molecular formula is C15H13BrF2N4O4S. The van der Waals surface area contributed by atoms with Crippen LogP contribution >= 0.6 is 15.9 Å². The highest BCUT2D eigenvalue weighted by Crippen LogP contribution is 2.31. The predicted molar refractivity (Wildman–Crippen MR) is 96.0 cm³/mol. The molecule has 8 nitrogen and oxygen atoms in total. The van der Waals surface area contributed by atoms with Crippen LogP contribution in [-0.2, 0) is 10.0 Å². The van der Waals surface area contributed by atoms with Crippen LogP contribution in [0.15, 0.2) is 40.0 Å². The smallest absolute Gasteiger partial charge is 0.272 e. The van der Waals surface area contributed by atoms with Crippen molar-refractivity contribution in [2.45, 2.75) is 11.3 Å². The molecule has 3 rings (SSSR count). The van der Waals surface area contributed by atoms with Gasteiger partial charge in [0.05, 0.1) is 18.8 Å². The summed E-state index contributed by atoms with van der Waals surface area (Å²) in [5.74, 6) is -0.0882. The van der Waals surface area contributed by atoms with Gasteiger partial charge in [0, 0.05) is 16.1 Å². The summed E-state index contributed by atoms with van der Waals surface area (Å²) in [4.78, 5) is 8.08. The number of rotatable bonds is 6. The Morgan fingerprint density at radius 3 is 2.74 bits per heavy atom. The van der Waals surface area contributed by atoms with Crippen LogP contribution in [0.1, 0.15) is 0 Å². The molecule has 0 fully saturated rings. The van der Waals surface area contributed by atoms with Crippen LogP contribution in [-0.4, -0.2) is 43.1 Å². The van der Waals surface area contributed by atoms with E-state index in [1.807, 2.05) is 0 Å². The normalized spacial score (nSPS) is 11.9. The molecular weight excluding hydrogens is 450 g/mol. The van der Waals surface area contributed by atoms with Crippen LogP contribution in [0, 0.1) is 0 Å². The van der Waals surface area contributed by atoms with Gasteiger partial charge >= 0.3 is 0 Å². The molecule has 12 heteroatoms. The van der Waals surface area contributed by atoms with E-state index in [0.717, 1.165) is 0 Å². The average molecular weight is 463 g/mol. The van der Waals surface area contributed by atoms with Crippen molar-refractivity contribution >= 4 is 36.9 Å². The van der Waals surface area contributed by atoms with E-state index in [9.17, 15) is 17.2 Å². The molecule has 0 bridgehead atoms. The molecule has 0 radical (unpaired) electrons. The number of nitrogens with zero attached hydrogens (tertiary/aromatic N) is 3.